The third-order valence-corrected chi connectivity index (χ3v) is 6.16. The average Bonchev–Trinajstić information content (AvgIpc) is 2.68. The van der Waals surface area contributed by atoms with Gasteiger partial charge in [-0.05, 0) is 52.0 Å². The van der Waals surface area contributed by atoms with Crippen LogP contribution in [0.15, 0.2) is 41.3 Å². The minimum atomic E-state index is -3.94. The Bertz CT molecular complexity index is 1000. The van der Waals surface area contributed by atoms with Gasteiger partial charge >= 0.3 is 0 Å². The number of hydrogen-bond donors (Lipinski definition) is 1. The predicted octanol–water partition coefficient (Wildman–Crippen LogP) is 4.04. The highest BCUT2D eigenvalue weighted by atomic mass is 32.2. The summed E-state index contributed by atoms with van der Waals surface area (Å²) in [4.78, 5) is 1.91. The molecule has 2 atom stereocenters. The van der Waals surface area contributed by atoms with Crippen molar-refractivity contribution in [3.8, 4) is 11.5 Å². The lowest BCUT2D eigenvalue weighted by atomic mass is 10.2. The number of hydrogen-bond acceptors (Lipinski definition) is 6. The van der Waals surface area contributed by atoms with Crippen molar-refractivity contribution in [2.75, 3.05) is 35.9 Å². The van der Waals surface area contributed by atoms with E-state index in [0.29, 0.717) is 43.5 Å². The van der Waals surface area contributed by atoms with E-state index in [-0.39, 0.29) is 22.8 Å². The molecule has 0 radical (unpaired) electrons. The van der Waals surface area contributed by atoms with E-state index in [1.807, 2.05) is 25.7 Å². The lowest BCUT2D eigenvalue weighted by Gasteiger charge is -2.37. The van der Waals surface area contributed by atoms with Crippen molar-refractivity contribution in [2.45, 2.75) is 44.8 Å². The van der Waals surface area contributed by atoms with E-state index < -0.39 is 15.8 Å². The second kappa shape index (κ2) is 9.74. The Balaban J connectivity index is 1.81. The first-order valence-corrected chi connectivity index (χ1v) is 11.8. The van der Waals surface area contributed by atoms with E-state index in [4.69, 9.17) is 14.2 Å². The van der Waals surface area contributed by atoms with Crippen molar-refractivity contribution < 1.29 is 27.0 Å². The fraction of sp³-hybridized carbons (Fsp3) is 0.455. The standard InChI is InChI=1S/C22H29FN2O5S/c1-5-28-21-10-8-18(12-22(21)29-6-2)31(26,27)24-17-7-9-20(19(23)11-17)25-13-15(3)30-16(4)14-25/h7-12,15-16,24H,5-6,13-14H2,1-4H3. The van der Waals surface area contributed by atoms with Crippen molar-refractivity contribution >= 4 is 21.4 Å². The molecule has 2 aromatic carbocycles. The molecular formula is C22H29FN2O5S. The molecule has 1 N–H and O–H groups in total. The molecule has 170 valence electrons. The topological polar surface area (TPSA) is 77.1 Å². The molecule has 31 heavy (non-hydrogen) atoms. The van der Waals surface area contributed by atoms with E-state index in [1.54, 1.807) is 25.1 Å². The highest BCUT2D eigenvalue weighted by molar-refractivity contribution is 7.92. The molecule has 1 aliphatic heterocycles. The number of sulfonamides is 1. The number of morpholine rings is 1. The second-order valence-electron chi connectivity index (χ2n) is 7.41. The summed E-state index contributed by atoms with van der Waals surface area (Å²) >= 11 is 0. The molecule has 1 heterocycles. The molecule has 9 heteroatoms. The highest BCUT2D eigenvalue weighted by Gasteiger charge is 2.25. The first kappa shape index (κ1) is 23.1. The lowest BCUT2D eigenvalue weighted by molar-refractivity contribution is -0.00539. The van der Waals surface area contributed by atoms with Crippen LogP contribution in [0.5, 0.6) is 11.5 Å². The highest BCUT2D eigenvalue weighted by Crippen LogP contribution is 2.32. The quantitative estimate of drug-likeness (QED) is 0.652. The summed E-state index contributed by atoms with van der Waals surface area (Å²) in [5, 5.41) is 0. The number of halogens is 1. The molecule has 2 unspecified atom stereocenters. The van der Waals surface area contributed by atoms with Gasteiger partial charge < -0.3 is 19.1 Å². The maximum Gasteiger partial charge on any atom is 0.262 e. The van der Waals surface area contributed by atoms with Crippen LogP contribution >= 0.6 is 0 Å². The molecule has 1 aliphatic rings. The van der Waals surface area contributed by atoms with Crippen molar-refractivity contribution in [3.05, 3.63) is 42.2 Å². The summed E-state index contributed by atoms with van der Waals surface area (Å²) in [6, 6.07) is 8.71. The molecule has 7 nitrogen and oxygen atoms in total. The molecule has 0 saturated carbocycles. The SMILES string of the molecule is CCOc1ccc(S(=O)(=O)Nc2ccc(N3CC(C)OC(C)C3)c(F)c2)cc1OCC. The maximum absolute atomic E-state index is 14.8. The van der Waals surface area contributed by atoms with Gasteiger partial charge in [0, 0.05) is 25.2 Å². The Morgan fingerprint density at radius 2 is 1.68 bits per heavy atom. The van der Waals surface area contributed by atoms with Gasteiger partial charge in [-0.1, -0.05) is 0 Å². The van der Waals surface area contributed by atoms with Gasteiger partial charge in [0.25, 0.3) is 10.0 Å². The van der Waals surface area contributed by atoms with Gasteiger partial charge in [-0.2, -0.15) is 0 Å². The number of rotatable bonds is 8. The van der Waals surface area contributed by atoms with Gasteiger partial charge in [-0.25, -0.2) is 12.8 Å². The zero-order chi connectivity index (χ0) is 22.6. The summed E-state index contributed by atoms with van der Waals surface area (Å²) in [7, 11) is -3.94. The van der Waals surface area contributed by atoms with Crippen LogP contribution in [0.2, 0.25) is 0 Å². The van der Waals surface area contributed by atoms with E-state index in [0.717, 1.165) is 0 Å². The summed E-state index contributed by atoms with van der Waals surface area (Å²) < 4.78 is 59.6. The van der Waals surface area contributed by atoms with Gasteiger partial charge in [0.2, 0.25) is 0 Å². The molecule has 0 aliphatic carbocycles. The van der Waals surface area contributed by atoms with Gasteiger partial charge in [-0.15, -0.1) is 0 Å². The third kappa shape index (κ3) is 5.59. The molecule has 2 aromatic rings. The van der Waals surface area contributed by atoms with Crippen LogP contribution in [-0.2, 0) is 14.8 Å². The zero-order valence-corrected chi connectivity index (χ0v) is 19.0. The Morgan fingerprint density at radius 3 is 2.29 bits per heavy atom. The average molecular weight is 453 g/mol. The fourth-order valence-electron chi connectivity index (χ4n) is 3.61. The summed E-state index contributed by atoms with van der Waals surface area (Å²) in [6.45, 7) is 9.44. The summed E-state index contributed by atoms with van der Waals surface area (Å²) in [5.41, 5.74) is 0.562. The predicted molar refractivity (Wildman–Crippen MR) is 118 cm³/mol. The molecule has 1 saturated heterocycles. The van der Waals surface area contributed by atoms with Gasteiger partial charge in [0.15, 0.2) is 11.5 Å². The first-order chi connectivity index (χ1) is 14.7. The summed E-state index contributed by atoms with van der Waals surface area (Å²) in [5.74, 6) is 0.306. The maximum atomic E-state index is 14.8. The van der Waals surface area contributed by atoms with Gasteiger partial charge in [0.05, 0.1) is 41.7 Å². The van der Waals surface area contributed by atoms with Crippen molar-refractivity contribution in [2.24, 2.45) is 0 Å². The minimum absolute atomic E-state index is 0.000262. The molecule has 0 spiro atoms. The molecule has 0 aromatic heterocycles. The second-order valence-corrected chi connectivity index (χ2v) is 9.09. The fourth-order valence-corrected chi connectivity index (χ4v) is 4.68. The molecule has 0 bridgehead atoms. The Kier molecular flexibility index (Phi) is 7.27. The van der Waals surface area contributed by atoms with Gasteiger partial charge in [-0.3, -0.25) is 4.72 Å². The van der Waals surface area contributed by atoms with E-state index >= 15 is 0 Å². The van der Waals surface area contributed by atoms with Crippen molar-refractivity contribution in [1.29, 1.82) is 0 Å². The monoisotopic (exact) mass is 452 g/mol. The van der Waals surface area contributed by atoms with Crippen LogP contribution in [0.25, 0.3) is 0 Å². The number of ether oxygens (including phenoxy) is 3. The normalized spacial score (nSPS) is 19.2. The van der Waals surface area contributed by atoms with E-state index in [2.05, 4.69) is 4.72 Å². The van der Waals surface area contributed by atoms with Crippen LogP contribution < -0.4 is 19.1 Å². The first-order valence-electron chi connectivity index (χ1n) is 10.4. The van der Waals surface area contributed by atoms with Crippen LogP contribution in [-0.4, -0.2) is 46.9 Å². The Morgan fingerprint density at radius 1 is 1.03 bits per heavy atom. The van der Waals surface area contributed by atoms with Gasteiger partial charge in [0.1, 0.15) is 5.82 Å². The third-order valence-electron chi connectivity index (χ3n) is 4.79. The Hall–Kier alpha value is -2.52. The van der Waals surface area contributed by atoms with E-state index in [1.165, 1.54) is 18.2 Å². The zero-order valence-electron chi connectivity index (χ0n) is 18.2. The molecule has 1 fully saturated rings. The minimum Gasteiger partial charge on any atom is -0.490 e. The molecule has 3 rings (SSSR count). The number of anilines is 2. The molecule has 0 amide bonds. The van der Waals surface area contributed by atoms with Crippen molar-refractivity contribution in [1.82, 2.24) is 0 Å². The van der Waals surface area contributed by atoms with Crippen molar-refractivity contribution in [3.63, 3.8) is 0 Å². The van der Waals surface area contributed by atoms with Crippen LogP contribution in [0.1, 0.15) is 27.7 Å². The number of nitrogens with one attached hydrogen (secondary N) is 1. The largest absolute Gasteiger partial charge is 0.490 e. The Labute approximate surface area is 183 Å². The molecular weight excluding hydrogens is 423 g/mol. The number of benzene rings is 2. The lowest BCUT2D eigenvalue weighted by Crippen LogP contribution is -2.45. The van der Waals surface area contributed by atoms with Crippen LogP contribution in [0.4, 0.5) is 15.8 Å². The summed E-state index contributed by atoms with van der Waals surface area (Å²) in [6.07, 6.45) is -0.0268. The van der Waals surface area contributed by atoms with Crippen LogP contribution in [0, 0.1) is 5.82 Å². The van der Waals surface area contributed by atoms with Crippen LogP contribution in [0.3, 0.4) is 0 Å². The smallest absolute Gasteiger partial charge is 0.262 e. The van der Waals surface area contributed by atoms with E-state index in [9.17, 15) is 12.8 Å². The number of nitrogens with zero attached hydrogens (tertiary/aromatic N) is 1.